The zero-order chi connectivity index (χ0) is 18.3. The Bertz CT molecular complexity index is 764. The molecule has 27 heavy (non-hydrogen) atoms. The topological polar surface area (TPSA) is 24.8 Å². The quantitative estimate of drug-likeness (QED) is 0.813. The first-order valence-electron chi connectivity index (χ1n) is 11.3. The number of carbonyl (C=O) groups is 1. The summed E-state index contributed by atoms with van der Waals surface area (Å²) in [5, 5.41) is 0. The smallest absolute Gasteiger partial charge is 0.233 e. The van der Waals surface area contributed by atoms with E-state index in [0.717, 1.165) is 24.2 Å². The van der Waals surface area contributed by atoms with E-state index < -0.39 is 0 Å². The molecular formula is C24H33N2O+. The van der Waals surface area contributed by atoms with Gasteiger partial charge in [0.05, 0.1) is 37.5 Å². The first-order valence-corrected chi connectivity index (χ1v) is 11.3. The van der Waals surface area contributed by atoms with Crippen LogP contribution in [0.2, 0.25) is 0 Å². The van der Waals surface area contributed by atoms with Crippen LogP contribution in [0.25, 0.3) is 0 Å². The molecule has 4 saturated carbocycles. The second kappa shape index (κ2) is 5.59. The Hall–Kier alpha value is -1.35. The number of hydrogen-bond acceptors (Lipinski definition) is 1. The summed E-state index contributed by atoms with van der Waals surface area (Å²) in [7, 11) is 2.31. The van der Waals surface area contributed by atoms with E-state index in [1.165, 1.54) is 68.4 Å². The number of benzene rings is 1. The van der Waals surface area contributed by atoms with Crippen LogP contribution in [-0.2, 0) is 4.79 Å². The molecule has 5 fully saturated rings. The van der Waals surface area contributed by atoms with Crippen molar-refractivity contribution in [3.8, 4) is 0 Å². The highest BCUT2D eigenvalue weighted by Crippen LogP contribution is 2.61. The van der Waals surface area contributed by atoms with Crippen LogP contribution in [0, 0.1) is 30.1 Å². The molecule has 0 radical (unpaired) electrons. The third-order valence-corrected chi connectivity index (χ3v) is 8.78. The van der Waals surface area contributed by atoms with Crippen molar-refractivity contribution >= 4 is 11.6 Å². The van der Waals surface area contributed by atoms with E-state index in [1.807, 2.05) is 0 Å². The fourth-order valence-corrected chi connectivity index (χ4v) is 8.09. The van der Waals surface area contributed by atoms with E-state index in [4.69, 9.17) is 0 Å². The van der Waals surface area contributed by atoms with Gasteiger partial charge >= 0.3 is 0 Å². The summed E-state index contributed by atoms with van der Waals surface area (Å²) in [6.07, 6.45) is 8.91. The van der Waals surface area contributed by atoms with Gasteiger partial charge in [0, 0.05) is 12.1 Å². The Morgan fingerprint density at radius 1 is 1.11 bits per heavy atom. The molecule has 0 spiro atoms. The SMILES string of the molecule is Cc1ccc2c(c1)[C@@H]1C[NH+](C)CC[C@@H]1N2C(=O)C12CC3CC(CC(C3)C1)C2. The number of anilines is 1. The molecule has 0 aromatic heterocycles. The van der Waals surface area contributed by atoms with Crippen LogP contribution < -0.4 is 9.80 Å². The van der Waals surface area contributed by atoms with E-state index in [1.54, 1.807) is 4.90 Å². The van der Waals surface area contributed by atoms with Gasteiger partial charge in [-0.2, -0.15) is 0 Å². The minimum absolute atomic E-state index is 0.0258. The second-order valence-electron chi connectivity index (χ2n) is 10.8. The number of nitrogens with zero attached hydrogens (tertiary/aromatic N) is 1. The van der Waals surface area contributed by atoms with Gasteiger partial charge in [-0.1, -0.05) is 17.7 Å². The van der Waals surface area contributed by atoms with Gasteiger partial charge in [0.15, 0.2) is 0 Å². The molecule has 4 bridgehead atoms. The molecule has 3 heteroatoms. The van der Waals surface area contributed by atoms with Crippen LogP contribution in [0.5, 0.6) is 0 Å². The van der Waals surface area contributed by atoms with E-state index >= 15 is 0 Å². The van der Waals surface area contributed by atoms with Crippen molar-refractivity contribution in [2.45, 2.75) is 63.8 Å². The zero-order valence-electron chi connectivity index (χ0n) is 16.8. The maximum Gasteiger partial charge on any atom is 0.233 e. The number of amides is 1. The monoisotopic (exact) mass is 365 g/mol. The van der Waals surface area contributed by atoms with Gasteiger partial charge in [0.25, 0.3) is 0 Å². The number of aryl methyl sites for hydroxylation is 1. The van der Waals surface area contributed by atoms with Gasteiger partial charge in [-0.25, -0.2) is 0 Å². The van der Waals surface area contributed by atoms with Crippen LogP contribution >= 0.6 is 0 Å². The van der Waals surface area contributed by atoms with E-state index in [-0.39, 0.29) is 5.41 Å². The highest BCUT2D eigenvalue weighted by Gasteiger charge is 2.58. The zero-order valence-corrected chi connectivity index (χ0v) is 16.8. The molecule has 1 amide bonds. The van der Waals surface area contributed by atoms with Crippen LogP contribution in [0.3, 0.4) is 0 Å². The summed E-state index contributed by atoms with van der Waals surface area (Å²) in [6, 6.07) is 7.26. The normalized spacial score (nSPS) is 44.3. The third-order valence-electron chi connectivity index (χ3n) is 8.78. The Morgan fingerprint density at radius 3 is 2.44 bits per heavy atom. The maximum absolute atomic E-state index is 14.2. The standard InChI is InChI=1S/C24H32N2O/c1-15-3-4-21-19(7-15)20-14-25(2)6-5-22(20)26(21)23(27)24-11-16-8-17(12-24)10-18(9-16)13-24/h3-4,7,16-18,20,22H,5-6,8-14H2,1-2H3/p+1/t16?,17?,18?,20-,22-,24?/m0/s1. The second-order valence-corrected chi connectivity index (χ2v) is 10.8. The van der Waals surface area contributed by atoms with Crippen molar-refractivity contribution in [2.24, 2.45) is 23.2 Å². The molecule has 4 aliphatic carbocycles. The lowest BCUT2D eigenvalue weighted by atomic mass is 9.49. The number of hydrogen-bond donors (Lipinski definition) is 1. The largest absolute Gasteiger partial charge is 0.337 e. The van der Waals surface area contributed by atoms with Gasteiger partial charge in [0.2, 0.25) is 5.91 Å². The molecule has 3 nitrogen and oxygen atoms in total. The Morgan fingerprint density at radius 2 is 1.78 bits per heavy atom. The average molecular weight is 366 g/mol. The third kappa shape index (κ3) is 2.33. The number of likely N-dealkylation sites (N-methyl/N-ethyl adjacent to an activating group) is 1. The summed E-state index contributed by atoms with van der Waals surface area (Å²) >= 11 is 0. The predicted octanol–water partition coefficient (Wildman–Crippen LogP) is 2.93. The first kappa shape index (κ1) is 16.6. The van der Waals surface area contributed by atoms with Crippen molar-refractivity contribution < 1.29 is 9.69 Å². The van der Waals surface area contributed by atoms with Crippen LogP contribution in [0.4, 0.5) is 5.69 Å². The van der Waals surface area contributed by atoms with Crippen LogP contribution in [-0.4, -0.2) is 32.1 Å². The lowest BCUT2D eigenvalue weighted by Gasteiger charge is -2.57. The summed E-state index contributed by atoms with van der Waals surface area (Å²) in [5.41, 5.74) is 4.02. The Labute approximate surface area is 163 Å². The minimum Gasteiger partial charge on any atom is -0.337 e. The number of piperidine rings is 1. The molecular weight excluding hydrogens is 332 g/mol. The molecule has 3 atom stereocenters. The van der Waals surface area contributed by atoms with Crippen LogP contribution in [0.15, 0.2) is 18.2 Å². The summed E-state index contributed by atoms with van der Waals surface area (Å²) in [5.74, 6) is 3.54. The summed E-state index contributed by atoms with van der Waals surface area (Å²) < 4.78 is 0. The van der Waals surface area contributed by atoms with Crippen molar-refractivity contribution in [3.05, 3.63) is 29.3 Å². The lowest BCUT2D eigenvalue weighted by molar-refractivity contribution is -0.886. The van der Waals surface area contributed by atoms with Gasteiger partial charge in [-0.05, 0) is 74.8 Å². The maximum atomic E-state index is 14.2. The van der Waals surface area contributed by atoms with E-state index in [9.17, 15) is 4.79 Å². The fraction of sp³-hybridized carbons (Fsp3) is 0.708. The molecule has 6 aliphatic rings. The number of likely N-dealkylation sites (tertiary alicyclic amines) is 1. The number of carbonyl (C=O) groups excluding carboxylic acids is 1. The molecule has 1 saturated heterocycles. The molecule has 144 valence electrons. The molecule has 1 aromatic carbocycles. The highest BCUT2D eigenvalue weighted by atomic mass is 16.2. The van der Waals surface area contributed by atoms with Crippen molar-refractivity contribution in [1.29, 1.82) is 0 Å². The summed E-state index contributed by atoms with van der Waals surface area (Å²) in [4.78, 5) is 18.2. The molecule has 1 N–H and O–H groups in total. The lowest BCUT2D eigenvalue weighted by Crippen LogP contribution is -3.11. The predicted molar refractivity (Wildman–Crippen MR) is 107 cm³/mol. The molecule has 2 heterocycles. The molecule has 2 aliphatic heterocycles. The van der Waals surface area contributed by atoms with Gasteiger partial charge < -0.3 is 9.80 Å². The van der Waals surface area contributed by atoms with Crippen LogP contribution in [0.1, 0.15) is 62.0 Å². The Balaban J connectivity index is 1.41. The molecule has 7 rings (SSSR count). The minimum atomic E-state index is -0.0258. The van der Waals surface area contributed by atoms with E-state index in [2.05, 4.69) is 37.1 Å². The number of nitrogens with one attached hydrogen (secondary N) is 1. The number of quaternary nitrogens is 1. The van der Waals surface area contributed by atoms with Crippen molar-refractivity contribution in [1.82, 2.24) is 0 Å². The van der Waals surface area contributed by atoms with Crippen molar-refractivity contribution in [2.75, 3.05) is 25.0 Å². The highest BCUT2D eigenvalue weighted by molar-refractivity contribution is 6.01. The first-order chi connectivity index (χ1) is 13.0. The number of fused-ring (bicyclic) bond motifs is 3. The summed E-state index contributed by atoms with van der Waals surface area (Å²) in [6.45, 7) is 4.56. The van der Waals surface area contributed by atoms with Gasteiger partial charge in [-0.15, -0.1) is 0 Å². The van der Waals surface area contributed by atoms with Gasteiger partial charge in [-0.3, -0.25) is 4.79 Å². The fourth-order valence-electron chi connectivity index (χ4n) is 8.09. The average Bonchev–Trinajstić information content (AvgIpc) is 2.93. The molecule has 1 unspecified atom stereocenters. The number of rotatable bonds is 1. The van der Waals surface area contributed by atoms with Gasteiger partial charge in [0.1, 0.15) is 0 Å². The molecule has 1 aromatic rings. The Kier molecular flexibility index (Phi) is 3.44. The van der Waals surface area contributed by atoms with Crippen molar-refractivity contribution in [3.63, 3.8) is 0 Å². The van der Waals surface area contributed by atoms with E-state index in [0.29, 0.717) is 17.9 Å².